The number of anilines is 3. The first kappa shape index (κ1) is 14.8. The Bertz CT molecular complexity index is 598. The molecule has 2 aromatic rings. The van der Waals surface area contributed by atoms with E-state index in [4.69, 9.17) is 0 Å². The Morgan fingerprint density at radius 3 is 2.55 bits per heavy atom. The smallest absolute Gasteiger partial charge is 0.139 e. The lowest BCUT2D eigenvalue weighted by Gasteiger charge is -2.14. The van der Waals surface area contributed by atoms with Crippen LogP contribution >= 0.6 is 15.9 Å². The van der Waals surface area contributed by atoms with Gasteiger partial charge in [0.15, 0.2) is 0 Å². The second-order valence-corrected chi connectivity index (χ2v) is 5.40. The molecule has 0 spiro atoms. The van der Waals surface area contributed by atoms with Gasteiger partial charge < -0.3 is 10.6 Å². The fourth-order valence-electron chi connectivity index (χ4n) is 1.89. The Balaban J connectivity index is 2.37. The SMILES string of the molecule is CCNc1nc(CC)nc(Nc2cccc(Br)c2)c1C. The fraction of sp³-hybridized carbons (Fsp3) is 0.333. The largest absolute Gasteiger partial charge is 0.370 e. The van der Waals surface area contributed by atoms with Crippen LogP contribution in [-0.4, -0.2) is 16.5 Å². The summed E-state index contributed by atoms with van der Waals surface area (Å²) in [4.78, 5) is 9.11. The second kappa shape index (κ2) is 6.70. The first-order valence-corrected chi connectivity index (χ1v) is 7.57. The summed E-state index contributed by atoms with van der Waals surface area (Å²) < 4.78 is 1.04. The third kappa shape index (κ3) is 3.48. The predicted molar refractivity (Wildman–Crippen MR) is 87.7 cm³/mol. The molecule has 0 aliphatic heterocycles. The summed E-state index contributed by atoms with van der Waals surface area (Å²) in [5, 5.41) is 6.65. The average molecular weight is 335 g/mol. The number of aromatic nitrogens is 2. The molecule has 0 atom stereocenters. The molecule has 2 N–H and O–H groups in total. The Morgan fingerprint density at radius 1 is 1.15 bits per heavy atom. The molecule has 5 heteroatoms. The highest BCUT2D eigenvalue weighted by Gasteiger charge is 2.10. The van der Waals surface area contributed by atoms with Gasteiger partial charge in [0.25, 0.3) is 0 Å². The molecule has 0 saturated heterocycles. The van der Waals surface area contributed by atoms with Crippen LogP contribution < -0.4 is 10.6 Å². The molecule has 20 heavy (non-hydrogen) atoms. The van der Waals surface area contributed by atoms with Gasteiger partial charge in [-0.2, -0.15) is 0 Å². The molecule has 106 valence electrons. The molecule has 1 aromatic carbocycles. The molecule has 1 heterocycles. The number of nitrogens with one attached hydrogen (secondary N) is 2. The Morgan fingerprint density at radius 2 is 1.90 bits per heavy atom. The summed E-state index contributed by atoms with van der Waals surface area (Å²) in [6.45, 7) is 6.99. The van der Waals surface area contributed by atoms with E-state index in [-0.39, 0.29) is 0 Å². The van der Waals surface area contributed by atoms with E-state index in [1.807, 2.05) is 31.2 Å². The Hall–Kier alpha value is -1.62. The lowest BCUT2D eigenvalue weighted by molar-refractivity contribution is 0.930. The van der Waals surface area contributed by atoms with Crippen molar-refractivity contribution in [1.82, 2.24) is 9.97 Å². The minimum atomic E-state index is 0.811. The summed E-state index contributed by atoms with van der Waals surface area (Å²) in [7, 11) is 0. The van der Waals surface area contributed by atoms with Gasteiger partial charge >= 0.3 is 0 Å². The molecule has 0 unspecified atom stereocenters. The minimum Gasteiger partial charge on any atom is -0.370 e. The molecule has 1 aromatic heterocycles. The summed E-state index contributed by atoms with van der Waals surface area (Å²) in [5.74, 6) is 2.59. The molecule has 0 amide bonds. The van der Waals surface area contributed by atoms with E-state index in [0.717, 1.165) is 46.1 Å². The predicted octanol–water partition coefficient (Wildman–Crippen LogP) is 4.29. The highest BCUT2D eigenvalue weighted by Crippen LogP contribution is 2.25. The lowest BCUT2D eigenvalue weighted by Crippen LogP contribution is -2.09. The topological polar surface area (TPSA) is 49.8 Å². The van der Waals surface area contributed by atoms with Crippen molar-refractivity contribution in [3.63, 3.8) is 0 Å². The van der Waals surface area contributed by atoms with E-state index in [1.165, 1.54) is 0 Å². The Labute approximate surface area is 128 Å². The van der Waals surface area contributed by atoms with Crippen molar-refractivity contribution in [2.24, 2.45) is 0 Å². The summed E-state index contributed by atoms with van der Waals surface area (Å²) in [5.41, 5.74) is 2.04. The van der Waals surface area contributed by atoms with Gasteiger partial charge in [-0.1, -0.05) is 28.9 Å². The van der Waals surface area contributed by atoms with Gasteiger partial charge in [0.1, 0.15) is 17.5 Å². The van der Waals surface area contributed by atoms with Crippen LogP contribution in [-0.2, 0) is 6.42 Å². The van der Waals surface area contributed by atoms with E-state index in [0.29, 0.717) is 0 Å². The zero-order valence-electron chi connectivity index (χ0n) is 12.0. The van der Waals surface area contributed by atoms with Gasteiger partial charge in [-0.05, 0) is 32.0 Å². The van der Waals surface area contributed by atoms with E-state index in [9.17, 15) is 0 Å². The van der Waals surface area contributed by atoms with Gasteiger partial charge in [0.05, 0.1) is 0 Å². The molecule has 2 rings (SSSR count). The maximum Gasteiger partial charge on any atom is 0.139 e. The van der Waals surface area contributed by atoms with Crippen molar-refractivity contribution >= 4 is 33.3 Å². The van der Waals surface area contributed by atoms with Crippen molar-refractivity contribution in [3.8, 4) is 0 Å². The normalized spacial score (nSPS) is 10.4. The number of hydrogen-bond acceptors (Lipinski definition) is 4. The van der Waals surface area contributed by atoms with E-state index < -0.39 is 0 Å². The number of benzene rings is 1. The van der Waals surface area contributed by atoms with E-state index in [2.05, 4.69) is 50.4 Å². The fourth-order valence-corrected chi connectivity index (χ4v) is 2.28. The van der Waals surface area contributed by atoms with Crippen LogP contribution in [0.2, 0.25) is 0 Å². The van der Waals surface area contributed by atoms with Crippen LogP contribution in [0, 0.1) is 6.92 Å². The van der Waals surface area contributed by atoms with Crippen LogP contribution in [0.4, 0.5) is 17.3 Å². The standard InChI is InChI=1S/C15H19BrN4/c1-4-13-19-14(17-5-2)10(3)15(20-13)18-12-8-6-7-11(16)9-12/h6-9H,4-5H2,1-3H3,(H2,17,18,19,20). The third-order valence-electron chi connectivity index (χ3n) is 2.94. The lowest BCUT2D eigenvalue weighted by atomic mass is 10.2. The number of nitrogens with zero attached hydrogens (tertiary/aromatic N) is 2. The van der Waals surface area contributed by atoms with Crippen LogP contribution in [0.25, 0.3) is 0 Å². The Kier molecular flexibility index (Phi) is 4.95. The summed E-state index contributed by atoms with van der Waals surface area (Å²) in [6.07, 6.45) is 0.811. The first-order chi connectivity index (χ1) is 9.63. The maximum atomic E-state index is 4.58. The van der Waals surface area contributed by atoms with Crippen LogP contribution in [0.1, 0.15) is 25.2 Å². The molecule has 0 fully saturated rings. The van der Waals surface area contributed by atoms with Crippen LogP contribution in [0.15, 0.2) is 28.7 Å². The van der Waals surface area contributed by atoms with Gasteiger partial charge in [0, 0.05) is 28.7 Å². The van der Waals surface area contributed by atoms with E-state index >= 15 is 0 Å². The molecular weight excluding hydrogens is 316 g/mol. The number of aryl methyl sites for hydroxylation is 1. The van der Waals surface area contributed by atoms with Crippen LogP contribution in [0.3, 0.4) is 0 Å². The quantitative estimate of drug-likeness (QED) is 0.856. The molecule has 0 bridgehead atoms. The molecule has 0 saturated carbocycles. The molecule has 0 radical (unpaired) electrons. The van der Waals surface area contributed by atoms with Gasteiger partial charge in [-0.25, -0.2) is 9.97 Å². The molecule has 4 nitrogen and oxygen atoms in total. The first-order valence-electron chi connectivity index (χ1n) is 6.78. The third-order valence-corrected chi connectivity index (χ3v) is 3.43. The zero-order chi connectivity index (χ0) is 14.5. The summed E-state index contributed by atoms with van der Waals surface area (Å²) in [6, 6.07) is 8.04. The number of rotatable bonds is 5. The van der Waals surface area contributed by atoms with Crippen molar-refractivity contribution in [1.29, 1.82) is 0 Å². The highest BCUT2D eigenvalue weighted by atomic mass is 79.9. The molecular formula is C15H19BrN4. The monoisotopic (exact) mass is 334 g/mol. The molecule has 0 aliphatic carbocycles. The zero-order valence-corrected chi connectivity index (χ0v) is 13.6. The van der Waals surface area contributed by atoms with Crippen LogP contribution in [0.5, 0.6) is 0 Å². The maximum absolute atomic E-state index is 4.58. The summed E-state index contributed by atoms with van der Waals surface area (Å²) >= 11 is 3.48. The van der Waals surface area contributed by atoms with Gasteiger partial charge in [0.2, 0.25) is 0 Å². The minimum absolute atomic E-state index is 0.811. The number of hydrogen-bond donors (Lipinski definition) is 2. The van der Waals surface area contributed by atoms with Gasteiger partial charge in [-0.3, -0.25) is 0 Å². The van der Waals surface area contributed by atoms with Gasteiger partial charge in [-0.15, -0.1) is 0 Å². The highest BCUT2D eigenvalue weighted by molar-refractivity contribution is 9.10. The van der Waals surface area contributed by atoms with Crippen molar-refractivity contribution < 1.29 is 0 Å². The van der Waals surface area contributed by atoms with Crippen molar-refractivity contribution in [3.05, 3.63) is 40.1 Å². The van der Waals surface area contributed by atoms with E-state index in [1.54, 1.807) is 0 Å². The number of halogens is 1. The average Bonchev–Trinajstić information content (AvgIpc) is 2.43. The second-order valence-electron chi connectivity index (χ2n) is 4.48. The van der Waals surface area contributed by atoms with Crippen molar-refractivity contribution in [2.75, 3.05) is 17.2 Å². The van der Waals surface area contributed by atoms with Crippen molar-refractivity contribution in [2.45, 2.75) is 27.2 Å². The molecule has 0 aliphatic rings.